The van der Waals surface area contributed by atoms with Crippen molar-refractivity contribution in [1.29, 1.82) is 0 Å². The minimum Gasteiger partial charge on any atom is -0.352 e. The molecule has 0 bridgehead atoms. The molecule has 7 nitrogen and oxygen atoms in total. The molecule has 1 aliphatic carbocycles. The second-order valence-electron chi connectivity index (χ2n) is 9.84. The van der Waals surface area contributed by atoms with Gasteiger partial charge in [0.05, 0.1) is 11.9 Å². The molecule has 1 N–H and O–H groups in total. The third-order valence-electron chi connectivity index (χ3n) is 6.83. The number of sulfonamides is 1. The van der Waals surface area contributed by atoms with Crippen molar-refractivity contribution in [3.63, 3.8) is 0 Å². The van der Waals surface area contributed by atoms with Crippen molar-refractivity contribution in [2.75, 3.05) is 17.1 Å². The van der Waals surface area contributed by atoms with Crippen LogP contribution in [0.3, 0.4) is 0 Å². The first kappa shape index (κ1) is 29.0. The number of nitrogens with one attached hydrogen (secondary N) is 1. The zero-order chi connectivity index (χ0) is 27.0. The highest BCUT2D eigenvalue weighted by Crippen LogP contribution is 2.22. The van der Waals surface area contributed by atoms with Gasteiger partial charge in [0.15, 0.2) is 0 Å². The highest BCUT2D eigenvalue weighted by Gasteiger charge is 2.30. The fraction of sp³-hybridized carbons (Fsp3) is 0.500. The van der Waals surface area contributed by atoms with Crippen molar-refractivity contribution >= 4 is 39.1 Å². The predicted molar refractivity (Wildman–Crippen MR) is 149 cm³/mol. The SMILES string of the molecule is CCC(C(=O)NC1CCCC1)N(Cc1ccc(C)cc1)C(=O)CCCN(c1ccc(Cl)cc1)S(C)(=O)=O. The molecule has 1 atom stereocenters. The summed E-state index contributed by atoms with van der Waals surface area (Å²) in [6.45, 7) is 4.39. The first-order chi connectivity index (χ1) is 17.6. The standard InChI is InChI=1S/C28H38ClN3O4S/c1-4-26(28(34)30-24-8-5-6-9-24)31(20-22-13-11-21(2)12-14-22)27(33)10-7-19-32(37(3,35)36)25-17-15-23(29)16-18-25/h11-18,24,26H,4-10,19-20H2,1-3H3,(H,30,34). The lowest BCUT2D eigenvalue weighted by Crippen LogP contribution is -2.51. The maximum absolute atomic E-state index is 13.5. The number of halogens is 1. The highest BCUT2D eigenvalue weighted by molar-refractivity contribution is 7.92. The van der Waals surface area contributed by atoms with Gasteiger partial charge in [-0.2, -0.15) is 0 Å². The van der Waals surface area contributed by atoms with Crippen molar-refractivity contribution in [2.24, 2.45) is 0 Å². The highest BCUT2D eigenvalue weighted by atomic mass is 35.5. The van der Waals surface area contributed by atoms with Crippen LogP contribution in [0.2, 0.25) is 5.02 Å². The van der Waals surface area contributed by atoms with Gasteiger partial charge >= 0.3 is 0 Å². The first-order valence-corrected chi connectivity index (χ1v) is 15.2. The number of hydrogen-bond donors (Lipinski definition) is 1. The zero-order valence-corrected chi connectivity index (χ0v) is 23.5. The molecular formula is C28H38ClN3O4S. The molecule has 1 saturated carbocycles. The summed E-state index contributed by atoms with van der Waals surface area (Å²) in [7, 11) is -3.55. The summed E-state index contributed by atoms with van der Waals surface area (Å²) in [6, 6.07) is 14.1. The zero-order valence-electron chi connectivity index (χ0n) is 22.0. The number of amides is 2. The van der Waals surface area contributed by atoms with E-state index in [1.807, 2.05) is 38.1 Å². The minimum absolute atomic E-state index is 0.117. The van der Waals surface area contributed by atoms with E-state index in [0.717, 1.165) is 43.1 Å². The Morgan fingerprint density at radius 2 is 1.68 bits per heavy atom. The van der Waals surface area contributed by atoms with E-state index in [1.54, 1.807) is 29.2 Å². The van der Waals surface area contributed by atoms with Gasteiger partial charge in [0, 0.05) is 30.6 Å². The van der Waals surface area contributed by atoms with E-state index >= 15 is 0 Å². The van der Waals surface area contributed by atoms with Crippen molar-refractivity contribution < 1.29 is 18.0 Å². The van der Waals surface area contributed by atoms with Crippen LogP contribution < -0.4 is 9.62 Å². The number of aryl methyl sites for hydroxylation is 1. The second-order valence-corrected chi connectivity index (χ2v) is 12.2. The van der Waals surface area contributed by atoms with Gasteiger partial charge in [-0.1, -0.05) is 61.2 Å². The molecule has 0 saturated heterocycles. The van der Waals surface area contributed by atoms with Crippen LogP contribution in [0.5, 0.6) is 0 Å². The maximum Gasteiger partial charge on any atom is 0.243 e. The smallest absolute Gasteiger partial charge is 0.243 e. The van der Waals surface area contributed by atoms with Crippen LogP contribution in [-0.4, -0.2) is 50.0 Å². The minimum atomic E-state index is -3.55. The summed E-state index contributed by atoms with van der Waals surface area (Å²) in [5.74, 6) is -0.285. The van der Waals surface area contributed by atoms with Crippen molar-refractivity contribution in [3.05, 3.63) is 64.7 Å². The molecule has 2 aromatic rings. The van der Waals surface area contributed by atoms with E-state index in [9.17, 15) is 18.0 Å². The summed E-state index contributed by atoms with van der Waals surface area (Å²) in [6.07, 6.45) is 6.25. The van der Waals surface area contributed by atoms with Crippen molar-refractivity contribution in [3.8, 4) is 0 Å². The molecule has 2 aromatic carbocycles. The fourth-order valence-corrected chi connectivity index (χ4v) is 5.88. The molecule has 0 aromatic heterocycles. The number of anilines is 1. The van der Waals surface area contributed by atoms with Crippen LogP contribution in [0.4, 0.5) is 5.69 Å². The molecule has 0 spiro atoms. The number of carbonyl (C=O) groups excluding carboxylic acids is 2. The van der Waals surface area contributed by atoms with Crippen LogP contribution in [0.25, 0.3) is 0 Å². The van der Waals surface area contributed by atoms with E-state index in [-0.39, 0.29) is 30.8 Å². The van der Waals surface area contributed by atoms with Gasteiger partial charge in [0.2, 0.25) is 21.8 Å². The average molecular weight is 548 g/mol. The summed E-state index contributed by atoms with van der Waals surface area (Å²) in [5.41, 5.74) is 2.57. The predicted octanol–water partition coefficient (Wildman–Crippen LogP) is 5.06. The van der Waals surface area contributed by atoms with Crippen LogP contribution >= 0.6 is 11.6 Å². The summed E-state index contributed by atoms with van der Waals surface area (Å²) < 4.78 is 26.2. The summed E-state index contributed by atoms with van der Waals surface area (Å²) in [4.78, 5) is 28.4. The molecule has 3 rings (SSSR count). The van der Waals surface area contributed by atoms with Crippen LogP contribution in [0, 0.1) is 6.92 Å². The third-order valence-corrected chi connectivity index (χ3v) is 8.27. The van der Waals surface area contributed by atoms with E-state index in [1.165, 1.54) is 4.31 Å². The lowest BCUT2D eigenvalue weighted by atomic mass is 10.1. The number of hydrogen-bond acceptors (Lipinski definition) is 4. The quantitative estimate of drug-likeness (QED) is 0.402. The molecule has 1 fully saturated rings. The number of carbonyl (C=O) groups is 2. The molecule has 37 heavy (non-hydrogen) atoms. The van der Waals surface area contributed by atoms with E-state index in [2.05, 4.69) is 5.32 Å². The van der Waals surface area contributed by atoms with E-state index in [4.69, 9.17) is 11.6 Å². The Labute approximate surface area is 226 Å². The Morgan fingerprint density at radius 1 is 1.05 bits per heavy atom. The Hall–Kier alpha value is -2.58. The van der Waals surface area contributed by atoms with Gasteiger partial charge in [-0.25, -0.2) is 8.42 Å². The largest absolute Gasteiger partial charge is 0.352 e. The van der Waals surface area contributed by atoms with Gasteiger partial charge in [-0.05, 0) is 62.4 Å². The third kappa shape index (κ3) is 8.47. The Balaban J connectivity index is 1.74. The lowest BCUT2D eigenvalue weighted by molar-refractivity contribution is -0.141. The number of rotatable bonds is 12. The molecule has 0 radical (unpaired) electrons. The van der Waals surface area contributed by atoms with E-state index < -0.39 is 16.1 Å². The normalized spacial score (nSPS) is 14.8. The van der Waals surface area contributed by atoms with Gasteiger partial charge < -0.3 is 10.2 Å². The maximum atomic E-state index is 13.5. The topological polar surface area (TPSA) is 86.8 Å². The molecule has 9 heteroatoms. The molecule has 2 amide bonds. The first-order valence-electron chi connectivity index (χ1n) is 13.0. The second kappa shape index (κ2) is 13.3. The van der Waals surface area contributed by atoms with Gasteiger partial charge in [0.25, 0.3) is 0 Å². The Bertz CT molecular complexity index is 1150. The summed E-state index contributed by atoms with van der Waals surface area (Å²) >= 11 is 5.96. The van der Waals surface area contributed by atoms with Crippen LogP contribution in [-0.2, 0) is 26.2 Å². The van der Waals surface area contributed by atoms with Crippen LogP contribution in [0.15, 0.2) is 48.5 Å². The van der Waals surface area contributed by atoms with Gasteiger partial charge in [0.1, 0.15) is 6.04 Å². The van der Waals surface area contributed by atoms with E-state index in [0.29, 0.717) is 30.1 Å². The van der Waals surface area contributed by atoms with Crippen molar-refractivity contribution in [2.45, 2.75) is 77.4 Å². The molecule has 0 aliphatic heterocycles. The monoisotopic (exact) mass is 547 g/mol. The molecule has 0 heterocycles. The molecule has 1 unspecified atom stereocenters. The van der Waals surface area contributed by atoms with Crippen LogP contribution in [0.1, 0.15) is 63.0 Å². The number of nitrogens with zero attached hydrogens (tertiary/aromatic N) is 2. The Kier molecular flexibility index (Phi) is 10.4. The lowest BCUT2D eigenvalue weighted by Gasteiger charge is -2.32. The molecule has 1 aliphatic rings. The fourth-order valence-electron chi connectivity index (χ4n) is 4.79. The Morgan fingerprint density at radius 3 is 2.24 bits per heavy atom. The summed E-state index contributed by atoms with van der Waals surface area (Å²) in [5, 5.41) is 3.66. The molecular weight excluding hydrogens is 510 g/mol. The average Bonchev–Trinajstić information content (AvgIpc) is 3.36. The number of benzene rings is 2. The van der Waals surface area contributed by atoms with Crippen molar-refractivity contribution in [1.82, 2.24) is 10.2 Å². The molecule has 202 valence electrons. The van der Waals surface area contributed by atoms with Gasteiger partial charge in [-0.15, -0.1) is 0 Å². The van der Waals surface area contributed by atoms with Gasteiger partial charge in [-0.3, -0.25) is 13.9 Å².